The van der Waals surface area contributed by atoms with Gasteiger partial charge in [0.15, 0.2) is 0 Å². The van der Waals surface area contributed by atoms with Crippen molar-refractivity contribution in [1.82, 2.24) is 5.32 Å². The zero-order chi connectivity index (χ0) is 12.3. The van der Waals surface area contributed by atoms with Gasteiger partial charge >= 0.3 is 0 Å². The van der Waals surface area contributed by atoms with Gasteiger partial charge in [-0.15, -0.1) is 0 Å². The van der Waals surface area contributed by atoms with Crippen LogP contribution in [0.15, 0.2) is 0 Å². The summed E-state index contributed by atoms with van der Waals surface area (Å²) >= 11 is 1.65. The Labute approximate surface area is 108 Å². The van der Waals surface area contributed by atoms with Crippen molar-refractivity contribution in [2.75, 3.05) is 6.61 Å². The zero-order valence-corrected chi connectivity index (χ0v) is 11.2. The number of hydrogen-bond donors (Lipinski definition) is 3. The number of aliphatic hydroxyl groups excluding tert-OH is 2. The summed E-state index contributed by atoms with van der Waals surface area (Å²) in [4.78, 5) is 11.0. The summed E-state index contributed by atoms with van der Waals surface area (Å²) < 4.78 is 10.5. The minimum atomic E-state index is -0.901. The molecule has 1 fully saturated rings. The molecule has 0 aromatic carbocycles. The number of nitrogens with one attached hydrogen (secondary N) is 1. The Hall–Kier alpha value is 0.0400. The van der Waals surface area contributed by atoms with Gasteiger partial charge in [0.2, 0.25) is 5.91 Å². The normalized spacial score (nSPS) is 39.4. The van der Waals surface area contributed by atoms with Crippen LogP contribution in [-0.2, 0) is 12.6 Å². The van der Waals surface area contributed by atoms with Crippen LogP contribution in [0.2, 0.25) is 0 Å². The molecule has 0 aromatic rings. The van der Waals surface area contributed by atoms with Gasteiger partial charge in [-0.3, -0.25) is 4.79 Å². The number of halogens is 1. The monoisotopic (exact) mass is 345 g/mol. The number of rotatable bonds is 3. The highest BCUT2D eigenvalue weighted by atomic mass is 127. The Morgan fingerprint density at radius 2 is 2.25 bits per heavy atom. The fraction of sp³-hybridized carbons (Fsp3) is 0.889. The number of amides is 1. The van der Waals surface area contributed by atoms with Crippen molar-refractivity contribution >= 4 is 28.9 Å². The van der Waals surface area contributed by atoms with Crippen molar-refractivity contribution in [2.45, 2.75) is 44.3 Å². The maximum Gasteiger partial charge on any atom is 0.217 e. The van der Waals surface area contributed by atoms with Crippen LogP contribution in [-0.4, -0.2) is 53.2 Å². The van der Waals surface area contributed by atoms with Crippen molar-refractivity contribution < 1.29 is 22.8 Å². The van der Waals surface area contributed by atoms with E-state index < -0.39 is 24.4 Å². The third-order valence-electron chi connectivity index (χ3n) is 2.62. The van der Waals surface area contributed by atoms with Crippen LogP contribution >= 0.6 is 23.0 Å². The highest BCUT2D eigenvalue weighted by molar-refractivity contribution is 14.1. The van der Waals surface area contributed by atoms with E-state index in [9.17, 15) is 9.90 Å². The number of carbonyl (C=O) groups excluding carboxylic acids is 1. The van der Waals surface area contributed by atoms with Crippen molar-refractivity contribution in [3.05, 3.63) is 0 Å². The highest BCUT2D eigenvalue weighted by Crippen LogP contribution is 2.24. The van der Waals surface area contributed by atoms with Gasteiger partial charge in [0, 0.05) is 6.92 Å². The number of aliphatic hydroxyl groups is 2. The van der Waals surface area contributed by atoms with Crippen LogP contribution < -0.4 is 5.32 Å². The van der Waals surface area contributed by atoms with Crippen molar-refractivity contribution in [3.8, 4) is 0 Å². The first-order valence-electron chi connectivity index (χ1n) is 5.00. The van der Waals surface area contributed by atoms with E-state index in [1.165, 1.54) is 6.92 Å². The Balaban J connectivity index is 2.76. The summed E-state index contributed by atoms with van der Waals surface area (Å²) in [5.41, 5.74) is 0. The maximum atomic E-state index is 11.0. The topological polar surface area (TPSA) is 88.0 Å². The van der Waals surface area contributed by atoms with Crippen LogP contribution in [0.3, 0.4) is 0 Å². The van der Waals surface area contributed by atoms with E-state index in [0.717, 1.165) is 0 Å². The number of carbonyl (C=O) groups is 1. The van der Waals surface area contributed by atoms with E-state index in [4.69, 9.17) is 12.9 Å². The number of ether oxygens (including phenoxy) is 1. The molecule has 5 atom stereocenters. The van der Waals surface area contributed by atoms with E-state index in [2.05, 4.69) is 5.32 Å². The second kappa shape index (κ2) is 6.10. The van der Waals surface area contributed by atoms with Crippen LogP contribution in [0.1, 0.15) is 13.8 Å². The fourth-order valence-corrected chi connectivity index (χ4v) is 2.46. The van der Waals surface area contributed by atoms with Crippen LogP contribution in [0.25, 0.3) is 0 Å². The molecule has 7 heteroatoms. The van der Waals surface area contributed by atoms with E-state index in [0.29, 0.717) is 0 Å². The number of hydrogen-bond acceptors (Lipinski definition) is 5. The summed E-state index contributed by atoms with van der Waals surface area (Å²) in [6, 6.07) is -0.528. The molecule has 1 rings (SSSR count). The standard InChI is InChI=1S/C9H16INO5/c1-4-7(11-5(2)13)8(14)9(16-10)6(3-12)15-4/h4,6-9,12,14H,3H2,1-2H3,(H,11,13)/t4?,6-,7?,8?,9-/m1/s1. The second-order valence-electron chi connectivity index (χ2n) is 3.83. The Morgan fingerprint density at radius 3 is 2.69 bits per heavy atom. The van der Waals surface area contributed by atoms with E-state index in [1.807, 2.05) is 0 Å². The minimum absolute atomic E-state index is 0.234. The molecule has 0 radical (unpaired) electrons. The molecule has 1 aliphatic heterocycles. The highest BCUT2D eigenvalue weighted by Gasteiger charge is 2.44. The summed E-state index contributed by atoms with van der Waals surface area (Å²) in [5.74, 6) is -0.242. The first-order valence-corrected chi connectivity index (χ1v) is 5.88. The molecule has 1 saturated heterocycles. The van der Waals surface area contributed by atoms with Gasteiger partial charge < -0.3 is 23.3 Å². The van der Waals surface area contributed by atoms with E-state index in [1.54, 1.807) is 29.9 Å². The van der Waals surface area contributed by atoms with Gasteiger partial charge in [0.1, 0.15) is 41.3 Å². The Kier molecular flexibility index (Phi) is 5.38. The first kappa shape index (κ1) is 14.1. The SMILES string of the molecule is CC(=O)NC1C(C)O[C@H](CO)[C@@H](OI)C1O. The smallest absolute Gasteiger partial charge is 0.217 e. The van der Waals surface area contributed by atoms with E-state index in [-0.39, 0.29) is 18.6 Å². The summed E-state index contributed by atoms with van der Waals surface area (Å²) in [7, 11) is 0. The lowest BCUT2D eigenvalue weighted by Crippen LogP contribution is -2.63. The molecule has 1 heterocycles. The maximum absolute atomic E-state index is 11.0. The van der Waals surface area contributed by atoms with Crippen LogP contribution in [0.5, 0.6) is 0 Å². The molecule has 16 heavy (non-hydrogen) atoms. The van der Waals surface area contributed by atoms with Crippen molar-refractivity contribution in [2.24, 2.45) is 0 Å². The average Bonchev–Trinajstić information content (AvgIpc) is 2.23. The van der Waals surface area contributed by atoms with Gasteiger partial charge in [-0.1, -0.05) is 0 Å². The molecular formula is C9H16INO5. The molecule has 6 nitrogen and oxygen atoms in total. The molecule has 3 unspecified atom stereocenters. The van der Waals surface area contributed by atoms with E-state index >= 15 is 0 Å². The lowest BCUT2D eigenvalue weighted by Gasteiger charge is -2.42. The fourth-order valence-electron chi connectivity index (χ4n) is 1.83. The van der Waals surface area contributed by atoms with Gasteiger partial charge in [-0.25, -0.2) is 0 Å². The van der Waals surface area contributed by atoms with Crippen molar-refractivity contribution in [1.29, 1.82) is 0 Å². The molecule has 0 aromatic heterocycles. The molecule has 0 bridgehead atoms. The Morgan fingerprint density at radius 1 is 1.62 bits per heavy atom. The van der Waals surface area contributed by atoms with Crippen LogP contribution in [0.4, 0.5) is 0 Å². The summed E-state index contributed by atoms with van der Waals surface area (Å²) in [5, 5.41) is 21.7. The van der Waals surface area contributed by atoms with Gasteiger partial charge in [-0.05, 0) is 6.92 Å². The molecule has 1 aliphatic rings. The van der Waals surface area contributed by atoms with Gasteiger partial charge in [-0.2, -0.15) is 0 Å². The van der Waals surface area contributed by atoms with Crippen LogP contribution in [0, 0.1) is 0 Å². The third-order valence-corrected chi connectivity index (χ3v) is 3.21. The first-order chi connectivity index (χ1) is 7.51. The molecule has 0 saturated carbocycles. The van der Waals surface area contributed by atoms with Gasteiger partial charge in [0.05, 0.1) is 18.8 Å². The zero-order valence-electron chi connectivity index (χ0n) is 9.09. The third kappa shape index (κ3) is 3.04. The predicted octanol–water partition coefficient (Wildman–Crippen LogP) is -0.633. The molecule has 1 amide bonds. The minimum Gasteiger partial charge on any atom is -0.394 e. The van der Waals surface area contributed by atoms with Crippen molar-refractivity contribution in [3.63, 3.8) is 0 Å². The van der Waals surface area contributed by atoms with Gasteiger partial charge in [0.25, 0.3) is 0 Å². The molecule has 0 spiro atoms. The Bertz CT molecular complexity index is 252. The average molecular weight is 345 g/mol. The molecule has 0 aliphatic carbocycles. The predicted molar refractivity (Wildman–Crippen MR) is 63.9 cm³/mol. The summed E-state index contributed by atoms with van der Waals surface area (Å²) in [6.07, 6.45) is -2.51. The second-order valence-corrected chi connectivity index (χ2v) is 4.34. The quantitative estimate of drug-likeness (QED) is 0.593. The summed E-state index contributed by atoms with van der Waals surface area (Å²) in [6.45, 7) is 2.87. The molecular weight excluding hydrogens is 329 g/mol. The largest absolute Gasteiger partial charge is 0.394 e. The molecule has 94 valence electrons. The lowest BCUT2D eigenvalue weighted by atomic mass is 9.93. The molecule has 3 N–H and O–H groups in total. The lowest BCUT2D eigenvalue weighted by molar-refractivity contribution is -0.175.